The van der Waals surface area contributed by atoms with Gasteiger partial charge in [-0.15, -0.1) is 22.7 Å². The zero-order valence-electron chi connectivity index (χ0n) is 11.0. The fourth-order valence-corrected chi connectivity index (χ4v) is 4.11. The molecule has 0 saturated heterocycles. The van der Waals surface area contributed by atoms with Crippen molar-refractivity contribution in [3.05, 3.63) is 48.4 Å². The molecule has 3 aromatic rings. The van der Waals surface area contributed by atoms with Crippen molar-refractivity contribution in [2.24, 2.45) is 0 Å². The first-order valence-electron chi connectivity index (χ1n) is 6.22. The van der Waals surface area contributed by atoms with E-state index in [1.54, 1.807) is 6.07 Å². The van der Waals surface area contributed by atoms with Gasteiger partial charge in [-0.1, -0.05) is 23.2 Å². The third kappa shape index (κ3) is 3.03. The summed E-state index contributed by atoms with van der Waals surface area (Å²) in [5.41, 5.74) is 0.229. The van der Waals surface area contributed by atoms with Crippen molar-refractivity contribution in [3.63, 3.8) is 0 Å². The number of halogens is 2. The van der Waals surface area contributed by atoms with Crippen LogP contribution in [-0.2, 0) is 6.54 Å². The van der Waals surface area contributed by atoms with E-state index in [1.165, 1.54) is 28.3 Å². The molecular weight excluding hydrogens is 365 g/mol. The highest BCUT2D eigenvalue weighted by atomic mass is 35.5. The van der Waals surface area contributed by atoms with Gasteiger partial charge in [-0.2, -0.15) is 0 Å². The van der Waals surface area contributed by atoms with Crippen molar-refractivity contribution in [1.82, 2.24) is 14.9 Å². The van der Waals surface area contributed by atoms with E-state index in [-0.39, 0.29) is 11.5 Å². The van der Waals surface area contributed by atoms with Crippen LogP contribution >= 0.6 is 45.9 Å². The minimum absolute atomic E-state index is 0.114. The summed E-state index contributed by atoms with van der Waals surface area (Å²) in [6.07, 6.45) is 1.49. The first-order valence-corrected chi connectivity index (χ1v) is 8.67. The van der Waals surface area contributed by atoms with E-state index in [0.29, 0.717) is 37.5 Å². The molecule has 0 aliphatic carbocycles. The Kier molecular flexibility index (Phi) is 4.49. The second kappa shape index (κ2) is 6.37. The van der Waals surface area contributed by atoms with Gasteiger partial charge in [-0.3, -0.25) is 14.2 Å². The summed E-state index contributed by atoms with van der Waals surface area (Å²) in [5.74, 6) is -0.314. The molecule has 5 nitrogen and oxygen atoms in total. The van der Waals surface area contributed by atoms with E-state index in [9.17, 15) is 9.59 Å². The summed E-state index contributed by atoms with van der Waals surface area (Å²) in [5, 5.41) is 5.13. The van der Waals surface area contributed by atoms with Crippen molar-refractivity contribution in [2.75, 3.05) is 6.54 Å². The summed E-state index contributed by atoms with van der Waals surface area (Å²) in [7, 11) is 0. The molecule has 114 valence electrons. The highest BCUT2D eigenvalue weighted by Gasteiger charge is 2.13. The van der Waals surface area contributed by atoms with E-state index in [2.05, 4.69) is 10.3 Å². The van der Waals surface area contributed by atoms with Gasteiger partial charge >= 0.3 is 0 Å². The Hall–Kier alpha value is -1.41. The Morgan fingerprint density at radius 1 is 1.41 bits per heavy atom. The van der Waals surface area contributed by atoms with Crippen LogP contribution in [0.25, 0.3) is 10.2 Å². The lowest BCUT2D eigenvalue weighted by atomic mass is 10.3. The predicted molar refractivity (Wildman–Crippen MR) is 90.6 cm³/mol. The minimum atomic E-state index is -0.314. The van der Waals surface area contributed by atoms with Crippen LogP contribution in [-0.4, -0.2) is 22.0 Å². The molecule has 3 rings (SSSR count). The molecule has 1 amide bonds. The first-order chi connectivity index (χ1) is 10.6. The fourth-order valence-electron chi connectivity index (χ4n) is 1.93. The molecule has 0 fully saturated rings. The van der Waals surface area contributed by atoms with Crippen LogP contribution in [0.15, 0.2) is 28.6 Å². The van der Waals surface area contributed by atoms with Crippen molar-refractivity contribution >= 4 is 62.0 Å². The largest absolute Gasteiger partial charge is 0.350 e. The highest BCUT2D eigenvalue weighted by Crippen LogP contribution is 2.30. The molecule has 22 heavy (non-hydrogen) atoms. The Bertz CT molecular complexity index is 900. The number of nitrogens with one attached hydrogen (secondary N) is 1. The number of amides is 1. The number of aromatic nitrogens is 2. The van der Waals surface area contributed by atoms with Gasteiger partial charge in [0.1, 0.15) is 9.17 Å². The molecule has 1 N–H and O–H groups in total. The molecule has 0 saturated carbocycles. The summed E-state index contributed by atoms with van der Waals surface area (Å²) in [4.78, 5) is 29.1. The Balaban J connectivity index is 1.67. The zero-order valence-corrected chi connectivity index (χ0v) is 14.2. The van der Waals surface area contributed by atoms with E-state index in [1.807, 2.05) is 5.38 Å². The Labute approximate surface area is 143 Å². The summed E-state index contributed by atoms with van der Waals surface area (Å²) in [6.45, 7) is 0.624. The van der Waals surface area contributed by atoms with Gasteiger partial charge in [-0.25, -0.2) is 4.98 Å². The molecule has 3 heterocycles. The molecule has 0 aromatic carbocycles. The third-order valence-corrected chi connectivity index (χ3v) is 5.30. The zero-order chi connectivity index (χ0) is 15.7. The molecule has 0 aliphatic heterocycles. The molecule has 0 spiro atoms. The second-order valence-electron chi connectivity index (χ2n) is 4.38. The molecule has 0 unspecified atom stereocenters. The SMILES string of the molecule is O=C(NCCn1cnc2sccc2c1=O)c1cc(Cl)sc1Cl. The monoisotopic (exact) mass is 373 g/mol. The number of hydrogen-bond donors (Lipinski definition) is 1. The van der Waals surface area contributed by atoms with Crippen LogP contribution in [0.5, 0.6) is 0 Å². The van der Waals surface area contributed by atoms with Crippen LogP contribution < -0.4 is 10.9 Å². The Morgan fingerprint density at radius 2 is 2.23 bits per heavy atom. The van der Waals surface area contributed by atoms with E-state index in [4.69, 9.17) is 23.2 Å². The molecule has 0 bridgehead atoms. The second-order valence-corrected chi connectivity index (χ2v) is 7.56. The lowest BCUT2D eigenvalue weighted by Crippen LogP contribution is -2.30. The van der Waals surface area contributed by atoms with Crippen molar-refractivity contribution in [3.8, 4) is 0 Å². The number of fused-ring (bicyclic) bond motifs is 1. The molecule has 0 radical (unpaired) electrons. The van der Waals surface area contributed by atoms with Crippen LogP contribution in [0.3, 0.4) is 0 Å². The van der Waals surface area contributed by atoms with Crippen LogP contribution in [0, 0.1) is 0 Å². The number of hydrogen-bond acceptors (Lipinski definition) is 5. The van der Waals surface area contributed by atoms with Gasteiger partial charge in [0.15, 0.2) is 0 Å². The summed E-state index contributed by atoms with van der Waals surface area (Å²) in [6, 6.07) is 3.27. The van der Waals surface area contributed by atoms with Crippen LogP contribution in [0.4, 0.5) is 0 Å². The van der Waals surface area contributed by atoms with Gasteiger partial charge in [0.25, 0.3) is 11.5 Å². The third-order valence-electron chi connectivity index (χ3n) is 2.99. The van der Waals surface area contributed by atoms with E-state index < -0.39 is 0 Å². The molecular formula is C13H9Cl2N3O2S2. The predicted octanol–water partition coefficient (Wildman–Crippen LogP) is 3.26. The normalized spacial score (nSPS) is 11.0. The fraction of sp³-hybridized carbons (Fsp3) is 0.154. The quantitative estimate of drug-likeness (QED) is 0.763. The summed E-state index contributed by atoms with van der Waals surface area (Å²) >= 11 is 14.3. The van der Waals surface area contributed by atoms with Crippen molar-refractivity contribution in [2.45, 2.75) is 6.54 Å². The van der Waals surface area contributed by atoms with Crippen molar-refractivity contribution < 1.29 is 4.79 Å². The molecule has 0 aliphatic rings. The van der Waals surface area contributed by atoms with Crippen LogP contribution in [0.1, 0.15) is 10.4 Å². The lowest BCUT2D eigenvalue weighted by Gasteiger charge is -2.06. The van der Waals surface area contributed by atoms with E-state index in [0.717, 1.165) is 11.3 Å². The number of carbonyl (C=O) groups is 1. The van der Waals surface area contributed by atoms with E-state index >= 15 is 0 Å². The smallest absolute Gasteiger partial charge is 0.262 e. The Morgan fingerprint density at radius 3 is 2.95 bits per heavy atom. The van der Waals surface area contributed by atoms with Gasteiger partial charge in [0, 0.05) is 13.1 Å². The summed E-state index contributed by atoms with van der Waals surface area (Å²) < 4.78 is 2.27. The average molecular weight is 374 g/mol. The topological polar surface area (TPSA) is 64.0 Å². The molecule has 0 atom stereocenters. The highest BCUT2D eigenvalue weighted by molar-refractivity contribution is 7.20. The molecule has 3 aromatic heterocycles. The van der Waals surface area contributed by atoms with Gasteiger partial charge < -0.3 is 5.32 Å². The minimum Gasteiger partial charge on any atom is -0.350 e. The van der Waals surface area contributed by atoms with Gasteiger partial charge in [0.2, 0.25) is 0 Å². The maximum absolute atomic E-state index is 12.2. The van der Waals surface area contributed by atoms with Crippen LogP contribution in [0.2, 0.25) is 8.67 Å². The maximum Gasteiger partial charge on any atom is 0.262 e. The standard InChI is InChI=1S/C13H9Cl2N3O2S2/c14-9-5-8(10(15)22-9)11(19)16-2-3-18-6-17-12-7(13(18)20)1-4-21-12/h1,4-6H,2-3H2,(H,16,19). The number of nitrogens with zero attached hydrogens (tertiary/aromatic N) is 2. The number of carbonyl (C=O) groups excluding carboxylic acids is 1. The number of rotatable bonds is 4. The average Bonchev–Trinajstić information content (AvgIpc) is 3.08. The first kappa shape index (κ1) is 15.5. The number of thiophene rings is 2. The lowest BCUT2D eigenvalue weighted by molar-refractivity contribution is 0.0953. The van der Waals surface area contributed by atoms with Gasteiger partial charge in [-0.05, 0) is 17.5 Å². The molecule has 9 heteroatoms. The van der Waals surface area contributed by atoms with Gasteiger partial charge in [0.05, 0.1) is 21.6 Å². The van der Waals surface area contributed by atoms with Crippen molar-refractivity contribution in [1.29, 1.82) is 0 Å². The maximum atomic E-state index is 12.2.